The molecule has 0 aliphatic heterocycles. The van der Waals surface area contributed by atoms with E-state index in [1.54, 1.807) is 23.1 Å². The number of aromatic nitrogens is 3. The number of thioether (sulfide) groups is 1. The molecule has 4 nitrogen and oxygen atoms in total. The molecule has 0 atom stereocenters. The van der Waals surface area contributed by atoms with E-state index in [9.17, 15) is 0 Å². The lowest BCUT2D eigenvalue weighted by atomic mass is 10.3. The van der Waals surface area contributed by atoms with Gasteiger partial charge in [0.2, 0.25) is 0 Å². The summed E-state index contributed by atoms with van der Waals surface area (Å²) in [6, 6.07) is 14.3. The van der Waals surface area contributed by atoms with E-state index >= 15 is 0 Å². The molecule has 0 aliphatic carbocycles. The number of benzene rings is 1. The van der Waals surface area contributed by atoms with Crippen molar-refractivity contribution in [1.82, 2.24) is 14.8 Å². The van der Waals surface area contributed by atoms with Crippen molar-refractivity contribution in [2.75, 3.05) is 12.3 Å². The molecule has 3 rings (SSSR count). The first-order chi connectivity index (χ1) is 9.90. The van der Waals surface area contributed by atoms with E-state index in [2.05, 4.69) is 33.0 Å². The first kappa shape index (κ1) is 13.4. The van der Waals surface area contributed by atoms with Gasteiger partial charge in [-0.3, -0.25) is 4.57 Å². The van der Waals surface area contributed by atoms with Crippen LogP contribution in [0.3, 0.4) is 0 Å². The molecule has 0 amide bonds. The number of thiophene rings is 1. The average Bonchev–Trinajstić information content (AvgIpc) is 3.15. The van der Waals surface area contributed by atoms with Crippen molar-refractivity contribution in [3.8, 4) is 16.4 Å². The van der Waals surface area contributed by atoms with Crippen LogP contribution in [0.2, 0.25) is 0 Å². The maximum Gasteiger partial charge on any atom is 0.196 e. The quantitative estimate of drug-likeness (QED) is 0.736. The van der Waals surface area contributed by atoms with Crippen LogP contribution in [0.1, 0.15) is 0 Å². The van der Waals surface area contributed by atoms with Gasteiger partial charge in [-0.1, -0.05) is 36.0 Å². The van der Waals surface area contributed by atoms with Gasteiger partial charge in [0.25, 0.3) is 0 Å². The Morgan fingerprint density at radius 1 is 1.10 bits per heavy atom. The maximum absolute atomic E-state index is 5.59. The number of nitrogens with two attached hydrogens (primary N) is 1. The fourth-order valence-corrected chi connectivity index (χ4v) is 3.31. The highest BCUT2D eigenvalue weighted by molar-refractivity contribution is 7.99. The predicted octanol–water partition coefficient (Wildman–Crippen LogP) is 3.05. The predicted molar refractivity (Wildman–Crippen MR) is 84.5 cm³/mol. The Labute approximate surface area is 125 Å². The van der Waals surface area contributed by atoms with Gasteiger partial charge in [0.15, 0.2) is 11.0 Å². The molecule has 102 valence electrons. The van der Waals surface area contributed by atoms with Crippen LogP contribution in [0.15, 0.2) is 53.0 Å². The van der Waals surface area contributed by atoms with E-state index in [1.165, 1.54) is 0 Å². The molecule has 0 saturated carbocycles. The molecule has 2 N–H and O–H groups in total. The zero-order valence-corrected chi connectivity index (χ0v) is 12.4. The van der Waals surface area contributed by atoms with E-state index in [-0.39, 0.29) is 0 Å². The van der Waals surface area contributed by atoms with Crippen molar-refractivity contribution in [1.29, 1.82) is 0 Å². The summed E-state index contributed by atoms with van der Waals surface area (Å²) < 4.78 is 2.09. The van der Waals surface area contributed by atoms with Gasteiger partial charge in [0.1, 0.15) is 0 Å². The third kappa shape index (κ3) is 2.63. The third-order valence-corrected chi connectivity index (χ3v) is 4.57. The zero-order chi connectivity index (χ0) is 13.8. The summed E-state index contributed by atoms with van der Waals surface area (Å²) in [4.78, 5) is 1.11. The minimum Gasteiger partial charge on any atom is -0.330 e. The lowest BCUT2D eigenvalue weighted by molar-refractivity contribution is 0.885. The normalized spacial score (nSPS) is 10.8. The molecule has 3 aromatic rings. The Hall–Kier alpha value is -1.63. The molecule has 2 heterocycles. The number of rotatable bonds is 5. The largest absolute Gasteiger partial charge is 0.330 e. The third-order valence-electron chi connectivity index (χ3n) is 2.74. The van der Waals surface area contributed by atoms with Gasteiger partial charge < -0.3 is 5.73 Å². The van der Waals surface area contributed by atoms with E-state index < -0.39 is 0 Å². The lowest BCUT2D eigenvalue weighted by Crippen LogP contribution is -2.04. The van der Waals surface area contributed by atoms with Crippen LogP contribution in [0.4, 0.5) is 0 Å². The molecule has 20 heavy (non-hydrogen) atoms. The van der Waals surface area contributed by atoms with Gasteiger partial charge in [-0.05, 0) is 23.6 Å². The smallest absolute Gasteiger partial charge is 0.196 e. The summed E-state index contributed by atoms with van der Waals surface area (Å²) in [5.41, 5.74) is 6.66. The van der Waals surface area contributed by atoms with Crippen LogP contribution in [0, 0.1) is 0 Å². The summed E-state index contributed by atoms with van der Waals surface area (Å²) in [6.45, 7) is 0.626. The molecule has 0 saturated heterocycles. The topological polar surface area (TPSA) is 56.7 Å². The number of hydrogen-bond donors (Lipinski definition) is 1. The van der Waals surface area contributed by atoms with Gasteiger partial charge in [-0.2, -0.15) is 0 Å². The summed E-state index contributed by atoms with van der Waals surface area (Å²) in [5.74, 6) is 1.71. The van der Waals surface area contributed by atoms with E-state index in [4.69, 9.17) is 5.73 Å². The molecule has 1 aromatic carbocycles. The molecule has 6 heteroatoms. The molecular formula is C14H14N4S2. The molecule has 0 spiro atoms. The van der Waals surface area contributed by atoms with Gasteiger partial charge in [-0.15, -0.1) is 21.5 Å². The van der Waals surface area contributed by atoms with E-state index in [1.807, 2.05) is 29.6 Å². The monoisotopic (exact) mass is 302 g/mol. The second-order valence-corrected chi connectivity index (χ2v) is 6.10. The minimum absolute atomic E-state index is 0.626. The second-order valence-electron chi connectivity index (χ2n) is 4.09. The summed E-state index contributed by atoms with van der Waals surface area (Å²) in [6.07, 6.45) is 0. The van der Waals surface area contributed by atoms with Crippen molar-refractivity contribution >= 4 is 23.1 Å². The first-order valence-electron chi connectivity index (χ1n) is 6.27. The maximum atomic E-state index is 5.59. The zero-order valence-electron chi connectivity index (χ0n) is 10.8. The van der Waals surface area contributed by atoms with Crippen molar-refractivity contribution in [3.63, 3.8) is 0 Å². The van der Waals surface area contributed by atoms with Crippen molar-refractivity contribution < 1.29 is 0 Å². The van der Waals surface area contributed by atoms with Gasteiger partial charge in [-0.25, -0.2) is 0 Å². The highest BCUT2D eigenvalue weighted by Crippen LogP contribution is 2.29. The molecule has 2 aromatic heterocycles. The number of nitrogens with zero attached hydrogens (tertiary/aromatic N) is 3. The minimum atomic E-state index is 0.626. The fourth-order valence-electron chi connectivity index (χ4n) is 1.89. The average molecular weight is 302 g/mol. The van der Waals surface area contributed by atoms with Crippen LogP contribution in [-0.2, 0) is 0 Å². The molecule has 0 aliphatic rings. The standard InChI is InChI=1S/C14H14N4S2/c15-8-10-20-14-17-16-13(12-7-4-9-19-12)18(14)11-5-2-1-3-6-11/h1-7,9H,8,10,15H2. The Morgan fingerprint density at radius 2 is 1.95 bits per heavy atom. The second kappa shape index (κ2) is 6.21. The van der Waals surface area contributed by atoms with Crippen molar-refractivity contribution in [3.05, 3.63) is 47.8 Å². The van der Waals surface area contributed by atoms with Crippen LogP contribution < -0.4 is 5.73 Å². The number of hydrogen-bond acceptors (Lipinski definition) is 5. The lowest BCUT2D eigenvalue weighted by Gasteiger charge is -2.08. The van der Waals surface area contributed by atoms with Gasteiger partial charge >= 0.3 is 0 Å². The van der Waals surface area contributed by atoms with E-state index in [0.29, 0.717) is 6.54 Å². The van der Waals surface area contributed by atoms with Crippen molar-refractivity contribution in [2.24, 2.45) is 5.73 Å². The van der Waals surface area contributed by atoms with Crippen LogP contribution in [-0.4, -0.2) is 27.1 Å². The summed E-state index contributed by atoms with van der Waals surface area (Å²) in [7, 11) is 0. The van der Waals surface area contributed by atoms with E-state index in [0.717, 1.165) is 27.3 Å². The Balaban J connectivity index is 2.10. The molecule has 0 fully saturated rings. The Kier molecular flexibility index (Phi) is 4.15. The van der Waals surface area contributed by atoms with Crippen LogP contribution >= 0.6 is 23.1 Å². The fraction of sp³-hybridized carbons (Fsp3) is 0.143. The van der Waals surface area contributed by atoms with Gasteiger partial charge in [0.05, 0.1) is 4.88 Å². The first-order valence-corrected chi connectivity index (χ1v) is 8.14. The highest BCUT2D eigenvalue weighted by Gasteiger charge is 2.16. The van der Waals surface area contributed by atoms with Crippen LogP contribution in [0.5, 0.6) is 0 Å². The SMILES string of the molecule is NCCSc1nnc(-c2cccs2)n1-c1ccccc1. The summed E-state index contributed by atoms with van der Waals surface area (Å²) in [5, 5.41) is 11.6. The van der Waals surface area contributed by atoms with Crippen LogP contribution in [0.25, 0.3) is 16.4 Å². The highest BCUT2D eigenvalue weighted by atomic mass is 32.2. The molecule has 0 bridgehead atoms. The Bertz CT molecular complexity index is 662. The number of para-hydroxylation sites is 1. The molecule has 0 radical (unpaired) electrons. The van der Waals surface area contributed by atoms with Gasteiger partial charge in [0, 0.05) is 18.0 Å². The molecular weight excluding hydrogens is 288 g/mol. The van der Waals surface area contributed by atoms with Crippen molar-refractivity contribution in [2.45, 2.75) is 5.16 Å². The Morgan fingerprint density at radius 3 is 2.65 bits per heavy atom. The molecule has 0 unspecified atom stereocenters. The summed E-state index contributed by atoms with van der Waals surface area (Å²) >= 11 is 3.29.